The Bertz CT molecular complexity index is 1090. The lowest BCUT2D eigenvalue weighted by Crippen LogP contribution is -2.65. The van der Waals surface area contributed by atoms with E-state index in [-0.39, 0.29) is 4.90 Å². The van der Waals surface area contributed by atoms with E-state index in [0.29, 0.717) is 32.6 Å². The number of nitrogens with zero attached hydrogens (tertiary/aromatic N) is 1. The number of amides is 1. The van der Waals surface area contributed by atoms with E-state index >= 15 is 0 Å². The standard InChI is InChI=1S/C19H19ClN2O8S2/c1-28-19(29-2)17(18(24)21-25)22(11-16(23)31-19)32(26,27)15-9-7-14(8-10-15)30-13-5-3-12(20)4-6-13/h3-10,17,25H,11H2,1-2H3,(H,21,24). The van der Waals surface area contributed by atoms with Gasteiger partial charge in [0.25, 0.3) is 11.0 Å². The summed E-state index contributed by atoms with van der Waals surface area (Å²) in [6.45, 7) is -0.636. The van der Waals surface area contributed by atoms with Crippen molar-refractivity contribution in [1.82, 2.24) is 9.79 Å². The first-order valence-corrected chi connectivity index (χ1v) is 11.6. The molecule has 1 aliphatic rings. The van der Waals surface area contributed by atoms with Gasteiger partial charge in [0, 0.05) is 19.2 Å². The number of nitrogens with one attached hydrogen (secondary N) is 1. The van der Waals surface area contributed by atoms with Crippen LogP contribution in [0.25, 0.3) is 0 Å². The summed E-state index contributed by atoms with van der Waals surface area (Å²) in [4.78, 5) is 24.5. The van der Waals surface area contributed by atoms with Crippen molar-refractivity contribution in [2.24, 2.45) is 0 Å². The molecular formula is C19H19ClN2O8S2. The minimum Gasteiger partial charge on any atom is -0.457 e. The van der Waals surface area contributed by atoms with Gasteiger partial charge in [-0.05, 0) is 60.3 Å². The molecule has 172 valence electrons. The quantitative estimate of drug-likeness (QED) is 0.332. The van der Waals surface area contributed by atoms with Gasteiger partial charge in [0.2, 0.25) is 15.1 Å². The second-order valence-corrected chi connectivity index (χ2v) is 10.00. The molecule has 0 aromatic heterocycles. The molecule has 0 saturated carbocycles. The fourth-order valence-electron chi connectivity index (χ4n) is 3.06. The Labute approximate surface area is 193 Å². The van der Waals surface area contributed by atoms with Gasteiger partial charge in [-0.2, -0.15) is 4.31 Å². The molecule has 1 amide bonds. The maximum absolute atomic E-state index is 13.3. The number of hydrogen-bond donors (Lipinski definition) is 2. The zero-order valence-electron chi connectivity index (χ0n) is 16.8. The summed E-state index contributed by atoms with van der Waals surface area (Å²) in [6.07, 6.45) is 0. The fourth-order valence-corrected chi connectivity index (χ4v) is 5.92. The SMILES string of the molecule is COC1(OC)SC(=O)CN(S(=O)(=O)c2ccc(Oc3ccc(Cl)cc3)cc2)C1C(=O)NO. The van der Waals surface area contributed by atoms with Crippen molar-refractivity contribution in [3.63, 3.8) is 0 Å². The number of thioether (sulfide) groups is 1. The largest absolute Gasteiger partial charge is 0.457 e. The maximum atomic E-state index is 13.3. The number of ether oxygens (including phenoxy) is 3. The van der Waals surface area contributed by atoms with Crippen molar-refractivity contribution in [3.8, 4) is 11.5 Å². The smallest absolute Gasteiger partial charge is 0.268 e. The van der Waals surface area contributed by atoms with Gasteiger partial charge in [0.05, 0.1) is 11.4 Å². The average Bonchev–Trinajstić information content (AvgIpc) is 2.79. The highest BCUT2D eigenvalue weighted by molar-refractivity contribution is 8.14. The molecule has 1 unspecified atom stereocenters. The maximum Gasteiger partial charge on any atom is 0.268 e. The molecule has 1 atom stereocenters. The number of hydrogen-bond acceptors (Lipinski definition) is 9. The summed E-state index contributed by atoms with van der Waals surface area (Å²) in [6, 6.07) is 10.3. The van der Waals surface area contributed by atoms with Gasteiger partial charge in [-0.1, -0.05) is 11.6 Å². The van der Waals surface area contributed by atoms with Crippen LogP contribution in [-0.4, -0.2) is 60.9 Å². The normalized spacial score (nSPS) is 18.9. The second kappa shape index (κ2) is 9.75. The van der Waals surface area contributed by atoms with Gasteiger partial charge in [-0.15, -0.1) is 0 Å². The lowest BCUT2D eigenvalue weighted by atomic mass is 10.2. The molecular weight excluding hydrogens is 484 g/mol. The minimum atomic E-state index is -4.39. The molecule has 2 aromatic carbocycles. The third kappa shape index (κ3) is 4.76. The van der Waals surface area contributed by atoms with Crippen LogP contribution in [-0.2, 0) is 29.1 Å². The summed E-state index contributed by atoms with van der Waals surface area (Å²) >= 11 is 6.36. The first kappa shape index (κ1) is 24.5. The molecule has 0 spiro atoms. The van der Waals surface area contributed by atoms with Gasteiger partial charge >= 0.3 is 0 Å². The predicted molar refractivity (Wildman–Crippen MR) is 115 cm³/mol. The lowest BCUT2D eigenvalue weighted by molar-refractivity contribution is -0.182. The van der Waals surface area contributed by atoms with Gasteiger partial charge in [-0.3, -0.25) is 14.8 Å². The lowest BCUT2D eigenvalue weighted by Gasteiger charge is -2.43. The minimum absolute atomic E-state index is 0.211. The van der Waals surface area contributed by atoms with E-state index in [1.165, 1.54) is 29.7 Å². The Hall–Kier alpha value is -2.19. The Morgan fingerprint density at radius 3 is 2.16 bits per heavy atom. The number of hydroxylamine groups is 1. The molecule has 1 saturated heterocycles. The van der Waals surface area contributed by atoms with Crippen molar-refractivity contribution in [3.05, 3.63) is 53.6 Å². The van der Waals surface area contributed by atoms with E-state index in [2.05, 4.69) is 0 Å². The highest BCUT2D eigenvalue weighted by Gasteiger charge is 2.57. The van der Waals surface area contributed by atoms with E-state index < -0.39 is 38.8 Å². The van der Waals surface area contributed by atoms with E-state index in [0.717, 1.165) is 14.2 Å². The van der Waals surface area contributed by atoms with Crippen LogP contribution in [0.3, 0.4) is 0 Å². The van der Waals surface area contributed by atoms with Crippen LogP contribution in [0.15, 0.2) is 53.4 Å². The van der Waals surface area contributed by atoms with Crippen LogP contribution in [0.5, 0.6) is 11.5 Å². The topological polar surface area (TPSA) is 131 Å². The van der Waals surface area contributed by atoms with Crippen molar-refractivity contribution in [2.75, 3.05) is 20.8 Å². The number of rotatable bonds is 7. The monoisotopic (exact) mass is 502 g/mol. The molecule has 0 radical (unpaired) electrons. The first-order chi connectivity index (χ1) is 15.2. The predicted octanol–water partition coefficient (Wildman–Crippen LogP) is 2.22. The van der Waals surface area contributed by atoms with E-state index in [1.54, 1.807) is 24.3 Å². The van der Waals surface area contributed by atoms with Crippen LogP contribution >= 0.6 is 23.4 Å². The number of carbonyl (C=O) groups excluding carboxylic acids is 2. The third-order valence-corrected chi connectivity index (χ3v) is 7.85. The summed E-state index contributed by atoms with van der Waals surface area (Å²) in [5.74, 6) is -0.280. The van der Waals surface area contributed by atoms with Crippen molar-refractivity contribution < 1.29 is 37.4 Å². The number of benzene rings is 2. The number of carbonyl (C=O) groups is 2. The van der Waals surface area contributed by atoms with Gasteiger partial charge in [0.1, 0.15) is 11.5 Å². The molecule has 0 aliphatic carbocycles. The summed E-state index contributed by atoms with van der Waals surface area (Å²) in [5, 5.41) is 7.11. The third-order valence-electron chi connectivity index (χ3n) is 4.57. The summed E-state index contributed by atoms with van der Waals surface area (Å²) in [7, 11) is -2.09. The van der Waals surface area contributed by atoms with Crippen LogP contribution in [0, 0.1) is 0 Å². The first-order valence-electron chi connectivity index (χ1n) is 8.98. The van der Waals surface area contributed by atoms with Crippen molar-refractivity contribution in [1.29, 1.82) is 0 Å². The molecule has 1 heterocycles. The molecule has 32 heavy (non-hydrogen) atoms. The van der Waals surface area contributed by atoms with Gasteiger partial charge in [-0.25, -0.2) is 13.9 Å². The molecule has 1 fully saturated rings. The van der Waals surface area contributed by atoms with Crippen LogP contribution < -0.4 is 10.2 Å². The van der Waals surface area contributed by atoms with Crippen LogP contribution in [0.1, 0.15) is 0 Å². The van der Waals surface area contributed by atoms with E-state index in [1.807, 2.05) is 0 Å². The average molecular weight is 503 g/mol. The van der Waals surface area contributed by atoms with Gasteiger partial charge < -0.3 is 14.2 Å². The molecule has 2 aromatic rings. The molecule has 3 rings (SSSR count). The fraction of sp³-hybridized carbons (Fsp3) is 0.263. The summed E-state index contributed by atoms with van der Waals surface area (Å²) in [5.41, 5.74) is 1.41. The Balaban J connectivity index is 1.94. The molecule has 1 aliphatic heterocycles. The van der Waals surface area contributed by atoms with E-state index in [4.69, 9.17) is 25.8 Å². The zero-order chi connectivity index (χ0) is 23.5. The van der Waals surface area contributed by atoms with Crippen molar-refractivity contribution in [2.45, 2.75) is 16.1 Å². The van der Waals surface area contributed by atoms with Gasteiger partial charge in [0.15, 0.2) is 6.04 Å². The second-order valence-electron chi connectivity index (χ2n) is 6.44. The highest BCUT2D eigenvalue weighted by Crippen LogP contribution is 2.41. The number of halogens is 1. The Morgan fingerprint density at radius 2 is 1.66 bits per heavy atom. The summed E-state index contributed by atoms with van der Waals surface area (Å²) < 4.78 is 43.3. The highest BCUT2D eigenvalue weighted by atomic mass is 35.5. The van der Waals surface area contributed by atoms with Crippen LogP contribution in [0.2, 0.25) is 5.02 Å². The molecule has 0 bridgehead atoms. The van der Waals surface area contributed by atoms with Crippen LogP contribution in [0.4, 0.5) is 0 Å². The van der Waals surface area contributed by atoms with E-state index in [9.17, 15) is 23.2 Å². The Kier molecular flexibility index (Phi) is 7.45. The molecule has 10 nitrogen and oxygen atoms in total. The molecule has 13 heteroatoms. The van der Waals surface area contributed by atoms with Crippen molar-refractivity contribution >= 4 is 44.4 Å². The zero-order valence-corrected chi connectivity index (χ0v) is 19.2. The number of methoxy groups -OCH3 is 2. The Morgan fingerprint density at radius 1 is 1.12 bits per heavy atom. The number of sulfonamides is 1. The molecule has 2 N–H and O–H groups in total.